The summed E-state index contributed by atoms with van der Waals surface area (Å²) < 4.78 is 27.1. The summed E-state index contributed by atoms with van der Waals surface area (Å²) in [5.74, 6) is 0.527. The molecule has 1 aliphatic heterocycles. The van der Waals surface area contributed by atoms with Crippen LogP contribution in [0.4, 0.5) is 0 Å². The van der Waals surface area contributed by atoms with Crippen LogP contribution in [0, 0.1) is 5.92 Å². The van der Waals surface area contributed by atoms with Gasteiger partial charge in [-0.25, -0.2) is 13.1 Å². The van der Waals surface area contributed by atoms with E-state index in [1.807, 2.05) is 6.92 Å². The molecule has 1 rings (SSSR count). The van der Waals surface area contributed by atoms with Crippen LogP contribution in [0.15, 0.2) is 0 Å². The zero-order valence-electron chi connectivity index (χ0n) is 13.4. The van der Waals surface area contributed by atoms with Gasteiger partial charge in [-0.2, -0.15) is 0 Å². The standard InChI is InChI=1S/C15H32N2O2S/c1-4-6-10-17-11-8-15(9-12-17)16-20(18,19)13-14(3)7-5-2/h14-16H,4-13H2,1-3H3. The van der Waals surface area contributed by atoms with Gasteiger partial charge in [-0.05, 0) is 51.2 Å². The van der Waals surface area contributed by atoms with E-state index in [1.165, 1.54) is 12.8 Å². The lowest BCUT2D eigenvalue weighted by Crippen LogP contribution is -2.45. The summed E-state index contributed by atoms with van der Waals surface area (Å²) in [4.78, 5) is 2.45. The van der Waals surface area contributed by atoms with Gasteiger partial charge in [-0.15, -0.1) is 0 Å². The Kier molecular flexibility index (Phi) is 8.07. The van der Waals surface area contributed by atoms with Gasteiger partial charge in [0.15, 0.2) is 0 Å². The second-order valence-corrected chi connectivity index (χ2v) is 8.06. The first-order chi connectivity index (χ1) is 9.46. The smallest absolute Gasteiger partial charge is 0.212 e. The van der Waals surface area contributed by atoms with Crippen LogP contribution < -0.4 is 4.72 Å². The Hall–Kier alpha value is -0.130. The van der Waals surface area contributed by atoms with Crippen molar-refractivity contribution in [3.05, 3.63) is 0 Å². The molecule has 0 saturated carbocycles. The number of rotatable bonds is 9. The van der Waals surface area contributed by atoms with E-state index in [-0.39, 0.29) is 17.7 Å². The highest BCUT2D eigenvalue weighted by molar-refractivity contribution is 7.89. The predicted octanol–water partition coefficient (Wildman–Crippen LogP) is 2.61. The fraction of sp³-hybridized carbons (Fsp3) is 1.00. The summed E-state index contributed by atoms with van der Waals surface area (Å²) in [5, 5.41) is 0. The lowest BCUT2D eigenvalue weighted by Gasteiger charge is -2.32. The second-order valence-electron chi connectivity index (χ2n) is 6.26. The maximum atomic E-state index is 12.1. The van der Waals surface area contributed by atoms with E-state index in [9.17, 15) is 8.42 Å². The average molecular weight is 305 g/mol. The van der Waals surface area contributed by atoms with Crippen molar-refractivity contribution in [3.63, 3.8) is 0 Å². The van der Waals surface area contributed by atoms with E-state index in [4.69, 9.17) is 0 Å². The second kappa shape index (κ2) is 9.00. The Morgan fingerprint density at radius 2 is 1.85 bits per heavy atom. The fourth-order valence-electron chi connectivity index (χ4n) is 2.91. The van der Waals surface area contributed by atoms with E-state index in [2.05, 4.69) is 23.5 Å². The van der Waals surface area contributed by atoms with Gasteiger partial charge in [-0.3, -0.25) is 0 Å². The quantitative estimate of drug-likeness (QED) is 0.712. The first-order valence-electron chi connectivity index (χ1n) is 8.19. The van der Waals surface area contributed by atoms with Gasteiger partial charge < -0.3 is 4.90 Å². The van der Waals surface area contributed by atoms with E-state index in [0.717, 1.165) is 45.3 Å². The molecular formula is C15H32N2O2S. The average Bonchev–Trinajstić information content (AvgIpc) is 2.37. The highest BCUT2D eigenvalue weighted by Crippen LogP contribution is 2.14. The molecule has 1 heterocycles. The summed E-state index contributed by atoms with van der Waals surface area (Å²) >= 11 is 0. The number of nitrogens with zero attached hydrogens (tertiary/aromatic N) is 1. The zero-order valence-corrected chi connectivity index (χ0v) is 14.2. The maximum absolute atomic E-state index is 12.1. The number of hydrogen-bond donors (Lipinski definition) is 1. The summed E-state index contributed by atoms with van der Waals surface area (Å²) in [6.45, 7) is 9.54. The van der Waals surface area contributed by atoms with Crippen molar-refractivity contribution in [2.75, 3.05) is 25.4 Å². The number of piperidine rings is 1. The van der Waals surface area contributed by atoms with Crippen molar-refractivity contribution in [1.29, 1.82) is 0 Å². The van der Waals surface area contributed by atoms with Gasteiger partial charge in [0.25, 0.3) is 0 Å². The molecule has 1 N–H and O–H groups in total. The molecule has 120 valence electrons. The Morgan fingerprint density at radius 1 is 1.20 bits per heavy atom. The lowest BCUT2D eigenvalue weighted by atomic mass is 10.1. The number of sulfonamides is 1. The minimum Gasteiger partial charge on any atom is -0.303 e. The minimum atomic E-state index is -3.11. The van der Waals surface area contributed by atoms with Gasteiger partial charge >= 0.3 is 0 Å². The summed E-state index contributed by atoms with van der Waals surface area (Å²) in [6.07, 6.45) is 6.39. The molecule has 20 heavy (non-hydrogen) atoms. The first-order valence-corrected chi connectivity index (χ1v) is 9.84. The molecule has 1 atom stereocenters. The summed E-state index contributed by atoms with van der Waals surface area (Å²) in [5.41, 5.74) is 0. The van der Waals surface area contributed by atoms with Crippen molar-refractivity contribution >= 4 is 10.0 Å². The highest BCUT2D eigenvalue weighted by atomic mass is 32.2. The monoisotopic (exact) mass is 304 g/mol. The third-order valence-electron chi connectivity index (χ3n) is 4.05. The maximum Gasteiger partial charge on any atom is 0.212 e. The van der Waals surface area contributed by atoms with Crippen LogP contribution in [0.3, 0.4) is 0 Å². The molecule has 0 aliphatic carbocycles. The molecule has 5 heteroatoms. The number of likely N-dealkylation sites (tertiary alicyclic amines) is 1. The number of unbranched alkanes of at least 4 members (excludes halogenated alkanes) is 1. The van der Waals surface area contributed by atoms with Crippen LogP contribution in [0.25, 0.3) is 0 Å². The Morgan fingerprint density at radius 3 is 2.40 bits per heavy atom. The summed E-state index contributed by atoms with van der Waals surface area (Å²) in [7, 11) is -3.11. The van der Waals surface area contributed by atoms with E-state index >= 15 is 0 Å². The molecule has 0 spiro atoms. The Balaban J connectivity index is 2.31. The third-order valence-corrected chi connectivity index (χ3v) is 5.75. The van der Waals surface area contributed by atoms with Gasteiger partial charge in [0, 0.05) is 6.04 Å². The van der Waals surface area contributed by atoms with Crippen molar-refractivity contribution in [2.24, 2.45) is 5.92 Å². The van der Waals surface area contributed by atoms with Gasteiger partial charge in [0.2, 0.25) is 10.0 Å². The minimum absolute atomic E-state index is 0.145. The number of nitrogens with one attached hydrogen (secondary N) is 1. The largest absolute Gasteiger partial charge is 0.303 e. The normalized spacial score (nSPS) is 20.1. The Bertz CT molecular complexity index is 349. The molecule has 1 saturated heterocycles. The van der Waals surface area contributed by atoms with Crippen LogP contribution in [0.2, 0.25) is 0 Å². The van der Waals surface area contributed by atoms with E-state index in [1.54, 1.807) is 0 Å². The number of hydrogen-bond acceptors (Lipinski definition) is 3. The van der Waals surface area contributed by atoms with Crippen LogP contribution in [0.5, 0.6) is 0 Å². The lowest BCUT2D eigenvalue weighted by molar-refractivity contribution is 0.205. The van der Waals surface area contributed by atoms with E-state index < -0.39 is 10.0 Å². The summed E-state index contributed by atoms with van der Waals surface area (Å²) in [6, 6.07) is 0.145. The van der Waals surface area contributed by atoms with Gasteiger partial charge in [0.1, 0.15) is 0 Å². The first kappa shape index (κ1) is 17.9. The van der Waals surface area contributed by atoms with Gasteiger partial charge in [-0.1, -0.05) is 33.6 Å². The van der Waals surface area contributed by atoms with Crippen LogP contribution in [-0.4, -0.2) is 44.7 Å². The molecule has 0 bridgehead atoms. The molecule has 0 aromatic rings. The molecule has 1 unspecified atom stereocenters. The van der Waals surface area contributed by atoms with Crippen molar-refractivity contribution in [3.8, 4) is 0 Å². The van der Waals surface area contributed by atoms with Crippen LogP contribution in [-0.2, 0) is 10.0 Å². The molecule has 1 fully saturated rings. The molecule has 0 amide bonds. The molecule has 1 aliphatic rings. The van der Waals surface area contributed by atoms with Crippen LogP contribution >= 0.6 is 0 Å². The third kappa shape index (κ3) is 7.04. The van der Waals surface area contributed by atoms with Crippen molar-refractivity contribution < 1.29 is 8.42 Å². The molecular weight excluding hydrogens is 272 g/mol. The highest BCUT2D eigenvalue weighted by Gasteiger charge is 2.24. The predicted molar refractivity (Wildman–Crippen MR) is 85.4 cm³/mol. The topological polar surface area (TPSA) is 49.4 Å². The molecule has 0 radical (unpaired) electrons. The molecule has 4 nitrogen and oxygen atoms in total. The van der Waals surface area contributed by atoms with Gasteiger partial charge in [0.05, 0.1) is 5.75 Å². The van der Waals surface area contributed by atoms with E-state index in [0.29, 0.717) is 0 Å². The van der Waals surface area contributed by atoms with Crippen molar-refractivity contribution in [1.82, 2.24) is 9.62 Å². The van der Waals surface area contributed by atoms with Crippen LogP contribution in [0.1, 0.15) is 59.3 Å². The zero-order chi connectivity index (χ0) is 15.0. The van der Waals surface area contributed by atoms with Crippen molar-refractivity contribution in [2.45, 2.75) is 65.3 Å². The fourth-order valence-corrected chi connectivity index (χ4v) is 4.66. The molecule has 0 aromatic heterocycles. The Labute approximate surface area is 125 Å². The molecule has 0 aromatic carbocycles. The SMILES string of the molecule is CCCCN1CCC(NS(=O)(=O)CC(C)CCC)CC1.